The highest BCUT2D eigenvalue weighted by Crippen LogP contribution is 2.37. The lowest BCUT2D eigenvalue weighted by molar-refractivity contribution is -0.0864. The van der Waals surface area contributed by atoms with Gasteiger partial charge in [0.05, 0.1) is 0 Å². The smallest absolute Gasteiger partial charge is 0.180 e. The van der Waals surface area contributed by atoms with Crippen LogP contribution in [0.25, 0.3) is 0 Å². The first kappa shape index (κ1) is 19.1. The molecule has 0 amide bonds. The summed E-state index contributed by atoms with van der Waals surface area (Å²) >= 11 is 5.89. The minimum atomic E-state index is -1.25. The van der Waals surface area contributed by atoms with E-state index in [2.05, 4.69) is 15.5 Å². The van der Waals surface area contributed by atoms with Gasteiger partial charge in [0.1, 0.15) is 24.4 Å². The molecule has 1 fully saturated rings. The van der Waals surface area contributed by atoms with E-state index in [4.69, 9.17) is 16.3 Å². The van der Waals surface area contributed by atoms with Crippen molar-refractivity contribution in [3.8, 4) is 0 Å². The third-order valence-corrected chi connectivity index (χ3v) is 5.31. The van der Waals surface area contributed by atoms with Crippen LogP contribution in [0.2, 0.25) is 5.02 Å². The van der Waals surface area contributed by atoms with Crippen molar-refractivity contribution in [2.75, 3.05) is 7.05 Å². The lowest BCUT2D eigenvalue weighted by Gasteiger charge is -2.22. The zero-order valence-corrected chi connectivity index (χ0v) is 15.9. The predicted octanol–water partition coefficient (Wildman–Crippen LogP) is 1.00. The van der Waals surface area contributed by atoms with E-state index in [0.717, 1.165) is 11.3 Å². The van der Waals surface area contributed by atoms with Crippen LogP contribution < -0.4 is 5.43 Å². The van der Waals surface area contributed by atoms with Gasteiger partial charge in [-0.2, -0.15) is 5.10 Å². The lowest BCUT2D eigenvalue weighted by Crippen LogP contribution is -2.35. The molecule has 1 aromatic carbocycles. The van der Waals surface area contributed by atoms with Gasteiger partial charge >= 0.3 is 0 Å². The topological polar surface area (TPSA) is 112 Å². The summed E-state index contributed by atoms with van der Waals surface area (Å²) in [6.07, 6.45) is -1.35. The van der Waals surface area contributed by atoms with Gasteiger partial charge in [0, 0.05) is 42.2 Å². The Hall–Kier alpha value is -2.23. The molecule has 1 saturated heterocycles. The van der Waals surface area contributed by atoms with E-state index in [0.29, 0.717) is 22.8 Å². The molecule has 4 N–H and O–H groups in total. The van der Waals surface area contributed by atoms with Gasteiger partial charge in [0.25, 0.3) is 0 Å². The van der Waals surface area contributed by atoms with Crippen LogP contribution in [-0.4, -0.2) is 57.3 Å². The number of nitrogens with one attached hydrogen (secondary N) is 1. The van der Waals surface area contributed by atoms with E-state index in [9.17, 15) is 15.3 Å². The Bertz CT molecular complexity index is 911. The van der Waals surface area contributed by atoms with Crippen molar-refractivity contribution in [2.24, 2.45) is 10.1 Å². The summed E-state index contributed by atoms with van der Waals surface area (Å²) in [5.74, 6) is 0.535. The quantitative estimate of drug-likeness (QED) is 0.568. The molecule has 0 aliphatic carbocycles. The van der Waals surface area contributed by atoms with Crippen LogP contribution in [0.15, 0.2) is 46.6 Å². The second kappa shape index (κ2) is 7.65. The number of fused-ring (bicyclic) bond motifs is 1. The molecule has 3 heterocycles. The molecule has 0 bridgehead atoms. The third-order valence-electron chi connectivity index (χ3n) is 5.05. The Morgan fingerprint density at radius 3 is 2.71 bits per heavy atom. The van der Waals surface area contributed by atoms with Crippen molar-refractivity contribution in [3.05, 3.63) is 58.4 Å². The van der Waals surface area contributed by atoms with E-state index in [-0.39, 0.29) is 0 Å². The van der Waals surface area contributed by atoms with E-state index >= 15 is 0 Å². The summed E-state index contributed by atoms with van der Waals surface area (Å²) in [4.78, 5) is 4.27. The molecule has 0 unspecified atom stereocenters. The minimum Gasteiger partial charge on any atom is -0.387 e. The fraction of sp³-hybridized carbons (Fsp3) is 0.368. The average Bonchev–Trinajstić information content (AvgIpc) is 3.25. The minimum absolute atomic E-state index is 0.535. The number of aliphatic hydroxyl groups is 3. The molecule has 148 valence electrons. The van der Waals surface area contributed by atoms with E-state index in [1.165, 1.54) is 0 Å². The highest BCUT2D eigenvalue weighted by Gasteiger charge is 2.47. The Morgan fingerprint density at radius 2 is 2.00 bits per heavy atom. The van der Waals surface area contributed by atoms with Crippen LogP contribution in [-0.2, 0) is 11.2 Å². The van der Waals surface area contributed by atoms with Gasteiger partial charge in [0.15, 0.2) is 12.1 Å². The Labute approximate surface area is 166 Å². The molecule has 4 rings (SSSR count). The summed E-state index contributed by atoms with van der Waals surface area (Å²) in [6.45, 7) is 0. The summed E-state index contributed by atoms with van der Waals surface area (Å²) in [6, 6.07) is 8.47. The predicted molar refractivity (Wildman–Crippen MR) is 105 cm³/mol. The molecule has 1 aromatic heterocycles. The number of nitrogens with zero attached hydrogens (tertiary/aromatic N) is 3. The molecule has 28 heavy (non-hydrogen) atoms. The number of hydrogen-bond donors (Lipinski definition) is 4. The number of amidine groups is 1. The molecule has 0 radical (unpaired) electrons. The van der Waals surface area contributed by atoms with Crippen LogP contribution in [0.5, 0.6) is 0 Å². The number of hydrazone groups is 1. The monoisotopic (exact) mass is 404 g/mol. The molecule has 2 aliphatic rings. The molecule has 0 saturated carbocycles. The van der Waals surface area contributed by atoms with Crippen LogP contribution in [0.1, 0.15) is 29.2 Å². The summed E-state index contributed by atoms with van der Waals surface area (Å²) in [5.41, 5.74) is 4.95. The Morgan fingerprint density at radius 1 is 1.25 bits per heavy atom. The maximum absolute atomic E-state index is 10.7. The first-order valence-corrected chi connectivity index (χ1v) is 9.31. The molecule has 5 atom stereocenters. The van der Waals surface area contributed by atoms with Crippen molar-refractivity contribution >= 4 is 23.7 Å². The number of halogens is 1. The number of aliphatic imine (C=N–C) groups is 1. The third kappa shape index (κ3) is 3.23. The zero-order chi connectivity index (χ0) is 19.8. The largest absolute Gasteiger partial charge is 0.387 e. The number of hydrogen-bond acceptors (Lipinski definition) is 6. The van der Waals surface area contributed by atoms with Crippen LogP contribution in [0.3, 0.4) is 0 Å². The SMILES string of the molecule is CN/N=C1\N=CCc2c1ccn2[C@@H]1O[C@H]([C@H](O)c2ccc(Cl)cc2)[C@@H](O)[C@H]1O. The Balaban J connectivity index is 1.61. The number of aromatic nitrogens is 1. The van der Waals surface area contributed by atoms with Crippen molar-refractivity contribution in [1.82, 2.24) is 9.99 Å². The summed E-state index contributed by atoms with van der Waals surface area (Å²) < 4.78 is 7.68. The molecule has 0 spiro atoms. The molecule has 9 heteroatoms. The van der Waals surface area contributed by atoms with Gasteiger partial charge in [-0.1, -0.05) is 23.7 Å². The first-order valence-electron chi connectivity index (χ1n) is 8.93. The van der Waals surface area contributed by atoms with Crippen molar-refractivity contribution in [3.63, 3.8) is 0 Å². The average molecular weight is 405 g/mol. The van der Waals surface area contributed by atoms with Gasteiger partial charge in [-0.15, -0.1) is 0 Å². The van der Waals surface area contributed by atoms with Gasteiger partial charge in [-0.3, -0.25) is 0 Å². The van der Waals surface area contributed by atoms with Gasteiger partial charge in [-0.25, -0.2) is 4.99 Å². The van der Waals surface area contributed by atoms with Gasteiger partial charge in [0.2, 0.25) is 0 Å². The summed E-state index contributed by atoms with van der Waals surface area (Å²) in [5, 5.41) is 36.5. The number of benzene rings is 1. The number of rotatable bonds is 4. The second-order valence-electron chi connectivity index (χ2n) is 6.73. The normalized spacial score (nSPS) is 29.1. The first-order chi connectivity index (χ1) is 13.5. The van der Waals surface area contributed by atoms with Crippen molar-refractivity contribution < 1.29 is 20.1 Å². The second-order valence-corrected chi connectivity index (χ2v) is 7.16. The molecular weight excluding hydrogens is 384 g/mol. The molecular formula is C19H21ClN4O4. The zero-order valence-electron chi connectivity index (χ0n) is 15.1. The molecule has 2 aliphatic heterocycles. The highest BCUT2D eigenvalue weighted by molar-refractivity contribution is 6.30. The standard InChI is InChI=1S/C19H21ClN4O4/c1-21-23-18-12-7-9-24(13(12)6-8-22-18)19-16(27)15(26)17(28-19)14(25)10-2-4-11(20)5-3-10/h2-5,7-9,14-17,19,21,25-27H,6H2,1H3/b23-18-/t14-,15+,16-,17-,19-/m1/s1. The molecule has 2 aromatic rings. The fourth-order valence-electron chi connectivity index (χ4n) is 3.65. The van der Waals surface area contributed by atoms with Gasteiger partial charge < -0.3 is 30.0 Å². The Kier molecular flexibility index (Phi) is 5.22. The van der Waals surface area contributed by atoms with Crippen LogP contribution in [0.4, 0.5) is 0 Å². The maximum atomic E-state index is 10.7. The molecule has 8 nitrogen and oxygen atoms in total. The van der Waals surface area contributed by atoms with Crippen LogP contribution >= 0.6 is 11.6 Å². The number of ether oxygens (including phenoxy) is 1. The maximum Gasteiger partial charge on any atom is 0.180 e. The van der Waals surface area contributed by atoms with E-state index < -0.39 is 30.6 Å². The van der Waals surface area contributed by atoms with Crippen molar-refractivity contribution in [1.29, 1.82) is 0 Å². The fourth-order valence-corrected chi connectivity index (χ4v) is 3.77. The van der Waals surface area contributed by atoms with Gasteiger partial charge in [-0.05, 0) is 23.8 Å². The lowest BCUT2D eigenvalue weighted by atomic mass is 9.99. The van der Waals surface area contributed by atoms with Crippen LogP contribution in [0, 0.1) is 0 Å². The highest BCUT2D eigenvalue weighted by atomic mass is 35.5. The summed E-state index contributed by atoms with van der Waals surface area (Å²) in [7, 11) is 1.69. The van der Waals surface area contributed by atoms with E-state index in [1.807, 2.05) is 6.07 Å². The van der Waals surface area contributed by atoms with Crippen molar-refractivity contribution in [2.45, 2.75) is 37.1 Å². The number of aliphatic hydroxyl groups excluding tert-OH is 3. The van der Waals surface area contributed by atoms with E-state index in [1.54, 1.807) is 48.3 Å².